The maximum atomic E-state index is 11.4. The molecule has 0 unspecified atom stereocenters. The lowest BCUT2D eigenvalue weighted by molar-refractivity contribution is 0.0697. The van der Waals surface area contributed by atoms with E-state index in [1.807, 2.05) is 0 Å². The average Bonchev–Trinajstić information content (AvgIpc) is 2.18. The number of hydrogen-bond donors (Lipinski definition) is 2. The van der Waals surface area contributed by atoms with Gasteiger partial charge in [0.15, 0.2) is 0 Å². The van der Waals surface area contributed by atoms with E-state index in [0.29, 0.717) is 0 Å². The number of carboxylic acid groups (broad SMARTS) is 1. The molecule has 0 spiro atoms. The van der Waals surface area contributed by atoms with Crippen molar-refractivity contribution in [1.29, 1.82) is 0 Å². The van der Waals surface area contributed by atoms with Crippen molar-refractivity contribution in [2.75, 3.05) is 0 Å². The summed E-state index contributed by atoms with van der Waals surface area (Å²) in [6, 6.07) is 4.88. The van der Waals surface area contributed by atoms with Gasteiger partial charge in [0, 0.05) is 6.20 Å². The Hall–Kier alpha value is -1.82. The zero-order valence-electron chi connectivity index (χ0n) is 7.67. The SMILES string of the molecule is C=CNS(=O)(=O)c1ccc(C(=O)O)cc1. The summed E-state index contributed by atoms with van der Waals surface area (Å²) in [6.07, 6.45) is 1.04. The van der Waals surface area contributed by atoms with E-state index in [0.717, 1.165) is 6.20 Å². The van der Waals surface area contributed by atoms with E-state index in [4.69, 9.17) is 5.11 Å². The molecular formula is C9H9NO4S. The van der Waals surface area contributed by atoms with Crippen LogP contribution in [0.2, 0.25) is 0 Å². The lowest BCUT2D eigenvalue weighted by Crippen LogP contribution is -2.17. The van der Waals surface area contributed by atoms with E-state index in [1.165, 1.54) is 24.3 Å². The number of benzene rings is 1. The standard InChI is InChI=1S/C9H9NO4S/c1-2-10-15(13,14)8-5-3-7(4-6-8)9(11)12/h2-6,10H,1H2,(H,11,12). The summed E-state index contributed by atoms with van der Waals surface area (Å²) in [7, 11) is -3.61. The van der Waals surface area contributed by atoms with E-state index in [1.54, 1.807) is 0 Å². The highest BCUT2D eigenvalue weighted by Gasteiger charge is 2.12. The minimum absolute atomic E-state index is 0.00704. The Labute approximate surface area is 87.1 Å². The molecule has 0 fully saturated rings. The van der Waals surface area contributed by atoms with Crippen molar-refractivity contribution >= 4 is 16.0 Å². The molecule has 0 atom stereocenters. The van der Waals surface area contributed by atoms with Crippen molar-refractivity contribution in [2.24, 2.45) is 0 Å². The Kier molecular flexibility index (Phi) is 3.11. The lowest BCUT2D eigenvalue weighted by Gasteiger charge is -2.03. The zero-order chi connectivity index (χ0) is 11.5. The molecule has 0 bridgehead atoms. The highest BCUT2D eigenvalue weighted by atomic mass is 32.2. The molecular weight excluding hydrogens is 218 g/mol. The van der Waals surface area contributed by atoms with E-state index in [2.05, 4.69) is 11.3 Å². The number of nitrogens with one attached hydrogen (secondary N) is 1. The second kappa shape index (κ2) is 4.14. The fourth-order valence-electron chi connectivity index (χ4n) is 0.954. The Morgan fingerprint density at radius 1 is 1.33 bits per heavy atom. The monoisotopic (exact) mass is 227 g/mol. The number of rotatable bonds is 4. The fraction of sp³-hybridized carbons (Fsp3) is 0. The van der Waals surface area contributed by atoms with Crippen LogP contribution in [0.1, 0.15) is 10.4 Å². The maximum absolute atomic E-state index is 11.4. The maximum Gasteiger partial charge on any atom is 0.335 e. The number of aromatic carboxylic acids is 1. The van der Waals surface area contributed by atoms with Crippen LogP contribution in [0.5, 0.6) is 0 Å². The molecule has 6 heteroatoms. The Bertz CT molecular complexity index is 475. The average molecular weight is 227 g/mol. The van der Waals surface area contributed by atoms with Crippen molar-refractivity contribution in [3.63, 3.8) is 0 Å². The Balaban J connectivity index is 3.09. The predicted octanol–water partition coefficient (Wildman–Crippen LogP) is 0.807. The summed E-state index contributed by atoms with van der Waals surface area (Å²) in [5.74, 6) is -1.10. The smallest absolute Gasteiger partial charge is 0.335 e. The van der Waals surface area contributed by atoms with Gasteiger partial charge in [-0.05, 0) is 24.3 Å². The van der Waals surface area contributed by atoms with Crippen LogP contribution >= 0.6 is 0 Å². The molecule has 1 rings (SSSR count). The summed E-state index contributed by atoms with van der Waals surface area (Å²) in [5, 5.41) is 8.60. The van der Waals surface area contributed by atoms with E-state index in [-0.39, 0.29) is 10.5 Å². The lowest BCUT2D eigenvalue weighted by atomic mass is 10.2. The quantitative estimate of drug-likeness (QED) is 0.797. The summed E-state index contributed by atoms with van der Waals surface area (Å²) in [4.78, 5) is 10.5. The first-order valence-electron chi connectivity index (χ1n) is 3.94. The molecule has 5 nitrogen and oxygen atoms in total. The third-order valence-electron chi connectivity index (χ3n) is 1.65. The Morgan fingerprint density at radius 2 is 1.87 bits per heavy atom. The highest BCUT2D eigenvalue weighted by molar-refractivity contribution is 7.89. The Morgan fingerprint density at radius 3 is 2.27 bits per heavy atom. The molecule has 1 aromatic rings. The topological polar surface area (TPSA) is 83.5 Å². The molecule has 0 aliphatic rings. The third kappa shape index (κ3) is 2.57. The molecule has 0 aliphatic heterocycles. The molecule has 0 radical (unpaired) electrons. The van der Waals surface area contributed by atoms with Gasteiger partial charge in [-0.25, -0.2) is 13.2 Å². The van der Waals surface area contributed by atoms with Crippen LogP contribution in [0, 0.1) is 0 Å². The van der Waals surface area contributed by atoms with Gasteiger partial charge >= 0.3 is 5.97 Å². The molecule has 15 heavy (non-hydrogen) atoms. The van der Waals surface area contributed by atoms with E-state index < -0.39 is 16.0 Å². The summed E-state index contributed by atoms with van der Waals surface area (Å²) >= 11 is 0. The summed E-state index contributed by atoms with van der Waals surface area (Å²) in [6.45, 7) is 3.23. The zero-order valence-corrected chi connectivity index (χ0v) is 8.49. The molecule has 0 amide bonds. The number of carbonyl (C=O) groups is 1. The van der Waals surface area contributed by atoms with Crippen LogP contribution < -0.4 is 4.72 Å². The van der Waals surface area contributed by atoms with Gasteiger partial charge in [0.2, 0.25) is 0 Å². The van der Waals surface area contributed by atoms with Crippen LogP contribution in [-0.4, -0.2) is 19.5 Å². The van der Waals surface area contributed by atoms with Crippen molar-refractivity contribution in [2.45, 2.75) is 4.90 Å². The van der Waals surface area contributed by atoms with Crippen LogP contribution in [0.25, 0.3) is 0 Å². The van der Waals surface area contributed by atoms with Gasteiger partial charge in [0.1, 0.15) is 0 Å². The predicted molar refractivity (Wildman–Crippen MR) is 53.9 cm³/mol. The van der Waals surface area contributed by atoms with Crippen molar-refractivity contribution in [3.05, 3.63) is 42.6 Å². The minimum Gasteiger partial charge on any atom is -0.478 e. The number of hydrogen-bond acceptors (Lipinski definition) is 3. The number of sulfonamides is 1. The normalized spacial score (nSPS) is 10.7. The first-order valence-corrected chi connectivity index (χ1v) is 5.42. The van der Waals surface area contributed by atoms with Crippen molar-refractivity contribution < 1.29 is 18.3 Å². The molecule has 0 saturated carbocycles. The second-order valence-electron chi connectivity index (χ2n) is 2.65. The molecule has 0 saturated heterocycles. The van der Waals surface area contributed by atoms with E-state index >= 15 is 0 Å². The first kappa shape index (κ1) is 11.3. The van der Waals surface area contributed by atoms with Gasteiger partial charge in [-0.15, -0.1) is 0 Å². The van der Waals surface area contributed by atoms with Gasteiger partial charge in [0.05, 0.1) is 10.5 Å². The first-order chi connectivity index (χ1) is 6.97. The van der Waals surface area contributed by atoms with Crippen LogP contribution in [0.3, 0.4) is 0 Å². The highest BCUT2D eigenvalue weighted by Crippen LogP contribution is 2.10. The van der Waals surface area contributed by atoms with Gasteiger partial charge in [-0.2, -0.15) is 0 Å². The molecule has 1 aromatic carbocycles. The van der Waals surface area contributed by atoms with Gasteiger partial charge in [-0.3, -0.25) is 4.72 Å². The molecule has 0 aromatic heterocycles. The molecule has 0 heterocycles. The molecule has 2 N–H and O–H groups in total. The van der Waals surface area contributed by atoms with Crippen LogP contribution in [0.15, 0.2) is 41.9 Å². The second-order valence-corrected chi connectivity index (χ2v) is 4.37. The third-order valence-corrected chi connectivity index (χ3v) is 3.02. The summed E-state index contributed by atoms with van der Waals surface area (Å²) < 4.78 is 24.8. The summed E-state index contributed by atoms with van der Waals surface area (Å²) in [5.41, 5.74) is 0.0348. The van der Waals surface area contributed by atoms with Crippen LogP contribution in [-0.2, 0) is 10.0 Å². The van der Waals surface area contributed by atoms with Crippen LogP contribution in [0.4, 0.5) is 0 Å². The van der Waals surface area contributed by atoms with Gasteiger partial charge in [-0.1, -0.05) is 6.58 Å². The van der Waals surface area contributed by atoms with Crippen molar-refractivity contribution in [3.8, 4) is 0 Å². The minimum atomic E-state index is -3.61. The van der Waals surface area contributed by atoms with E-state index in [9.17, 15) is 13.2 Å². The van der Waals surface area contributed by atoms with Gasteiger partial charge < -0.3 is 5.11 Å². The van der Waals surface area contributed by atoms with Gasteiger partial charge in [0.25, 0.3) is 10.0 Å². The molecule has 0 aliphatic carbocycles. The van der Waals surface area contributed by atoms with Crippen molar-refractivity contribution in [1.82, 2.24) is 4.72 Å². The largest absolute Gasteiger partial charge is 0.478 e. The molecule has 80 valence electrons. The number of carboxylic acids is 1. The fourth-order valence-corrected chi connectivity index (χ4v) is 1.80.